The summed E-state index contributed by atoms with van der Waals surface area (Å²) in [5.41, 5.74) is 2.55. The summed E-state index contributed by atoms with van der Waals surface area (Å²) >= 11 is 0. The maximum absolute atomic E-state index is 13.0. The summed E-state index contributed by atoms with van der Waals surface area (Å²) in [5.74, 6) is 0.572. The molecule has 0 radical (unpaired) electrons. The first-order chi connectivity index (χ1) is 14.8. The number of hydrogen-bond acceptors (Lipinski definition) is 5. The minimum atomic E-state index is -0.292. The van der Waals surface area contributed by atoms with Gasteiger partial charge in [0, 0.05) is 60.1 Å². The Morgan fingerprint density at radius 1 is 0.903 bits per heavy atom. The van der Waals surface area contributed by atoms with Gasteiger partial charge in [-0.05, 0) is 23.8 Å². The molecular weight excluding hydrogens is 392 g/mol. The number of piperazine rings is 1. The Morgan fingerprint density at radius 3 is 2.10 bits per heavy atom. The predicted molar refractivity (Wildman–Crippen MR) is 123 cm³/mol. The molecule has 1 unspecified atom stereocenters. The molecule has 2 aromatic rings. The van der Waals surface area contributed by atoms with E-state index in [1.165, 1.54) is 0 Å². The van der Waals surface area contributed by atoms with Gasteiger partial charge < -0.3 is 19.4 Å². The molecule has 7 heteroatoms. The zero-order valence-electron chi connectivity index (χ0n) is 19.0. The highest BCUT2D eigenvalue weighted by atomic mass is 16.5. The molecule has 2 amide bonds. The van der Waals surface area contributed by atoms with Crippen molar-refractivity contribution >= 4 is 17.5 Å². The van der Waals surface area contributed by atoms with Crippen molar-refractivity contribution in [2.24, 2.45) is 0 Å². The molecule has 2 aromatic carbocycles. The van der Waals surface area contributed by atoms with Gasteiger partial charge in [-0.3, -0.25) is 14.5 Å². The first-order valence-corrected chi connectivity index (χ1v) is 10.5. The third-order valence-corrected chi connectivity index (χ3v) is 5.65. The van der Waals surface area contributed by atoms with Crippen LogP contribution in [0.15, 0.2) is 48.5 Å². The Bertz CT molecular complexity index is 906. The lowest BCUT2D eigenvalue weighted by atomic mass is 10.0. The Hall–Kier alpha value is -3.06. The van der Waals surface area contributed by atoms with Crippen LogP contribution < -0.4 is 9.64 Å². The lowest BCUT2D eigenvalue weighted by Gasteiger charge is -2.40. The number of hydrogen-bond donors (Lipinski definition) is 0. The molecule has 1 fully saturated rings. The summed E-state index contributed by atoms with van der Waals surface area (Å²) in [4.78, 5) is 33.2. The lowest BCUT2D eigenvalue weighted by Crippen LogP contribution is -2.51. The smallest absolute Gasteiger partial charge is 0.257 e. The first-order valence-electron chi connectivity index (χ1n) is 10.5. The topological polar surface area (TPSA) is 56.3 Å². The van der Waals surface area contributed by atoms with Gasteiger partial charge in [-0.25, -0.2) is 0 Å². The molecule has 0 N–H and O–H groups in total. The Labute approximate surface area is 184 Å². The maximum atomic E-state index is 13.0. The van der Waals surface area contributed by atoms with Crippen LogP contribution in [0.5, 0.6) is 5.75 Å². The number of rotatable bonds is 6. The maximum Gasteiger partial charge on any atom is 0.257 e. The highest BCUT2D eigenvalue weighted by Gasteiger charge is 2.31. The standard InChI is InChI=1S/C24H32N4O3/c1-25(2)23(29)20-17-19(11-12-21(20)31-5)27-13-15-28(16-14-27)22(24(30)26(3)4)18-9-7-6-8-10-18/h6-12,17,22H,13-16H2,1-5H3. The van der Waals surface area contributed by atoms with Crippen molar-refractivity contribution in [2.45, 2.75) is 6.04 Å². The van der Waals surface area contributed by atoms with Gasteiger partial charge in [0.15, 0.2) is 0 Å². The van der Waals surface area contributed by atoms with Gasteiger partial charge in [0.25, 0.3) is 5.91 Å². The van der Waals surface area contributed by atoms with Gasteiger partial charge >= 0.3 is 0 Å². The van der Waals surface area contributed by atoms with Crippen LogP contribution in [-0.2, 0) is 4.79 Å². The predicted octanol–water partition coefficient (Wildman–Crippen LogP) is 2.35. The van der Waals surface area contributed by atoms with E-state index in [4.69, 9.17) is 4.74 Å². The van der Waals surface area contributed by atoms with Gasteiger partial charge in [0.2, 0.25) is 5.91 Å². The van der Waals surface area contributed by atoms with E-state index in [-0.39, 0.29) is 17.9 Å². The van der Waals surface area contributed by atoms with E-state index in [9.17, 15) is 9.59 Å². The number of carbonyl (C=O) groups is 2. The fourth-order valence-electron chi connectivity index (χ4n) is 3.93. The van der Waals surface area contributed by atoms with Crippen molar-refractivity contribution in [2.75, 3.05) is 66.4 Å². The number of anilines is 1. The van der Waals surface area contributed by atoms with Gasteiger partial charge in [-0.15, -0.1) is 0 Å². The number of ether oxygens (including phenoxy) is 1. The van der Waals surface area contributed by atoms with Crippen LogP contribution in [0, 0.1) is 0 Å². The number of likely N-dealkylation sites (N-methyl/N-ethyl adjacent to an activating group) is 1. The van der Waals surface area contributed by atoms with Crippen LogP contribution in [-0.4, -0.2) is 88.0 Å². The second-order valence-corrected chi connectivity index (χ2v) is 8.15. The molecule has 31 heavy (non-hydrogen) atoms. The van der Waals surface area contributed by atoms with E-state index in [0.717, 1.165) is 37.4 Å². The van der Waals surface area contributed by atoms with E-state index in [1.807, 2.05) is 48.5 Å². The molecule has 0 aliphatic carbocycles. The van der Waals surface area contributed by atoms with Crippen LogP contribution >= 0.6 is 0 Å². The summed E-state index contributed by atoms with van der Waals surface area (Å²) in [6.45, 7) is 3.04. The van der Waals surface area contributed by atoms with Crippen molar-refractivity contribution in [1.82, 2.24) is 14.7 Å². The molecule has 0 spiro atoms. The minimum absolute atomic E-state index is 0.0851. The molecule has 1 aliphatic heterocycles. The normalized spacial score (nSPS) is 15.3. The van der Waals surface area contributed by atoms with E-state index >= 15 is 0 Å². The van der Waals surface area contributed by atoms with E-state index in [0.29, 0.717) is 11.3 Å². The highest BCUT2D eigenvalue weighted by molar-refractivity contribution is 5.97. The molecule has 1 saturated heterocycles. The average Bonchev–Trinajstić information content (AvgIpc) is 2.79. The van der Waals surface area contributed by atoms with Gasteiger partial charge in [-0.2, -0.15) is 0 Å². The Kier molecular flexibility index (Phi) is 7.17. The number of carbonyl (C=O) groups excluding carboxylic acids is 2. The largest absolute Gasteiger partial charge is 0.496 e. The third-order valence-electron chi connectivity index (χ3n) is 5.65. The van der Waals surface area contributed by atoms with Crippen molar-refractivity contribution in [1.29, 1.82) is 0 Å². The number of nitrogens with zero attached hydrogens (tertiary/aromatic N) is 4. The van der Waals surface area contributed by atoms with Gasteiger partial charge in [0.1, 0.15) is 11.8 Å². The van der Waals surface area contributed by atoms with Gasteiger partial charge in [-0.1, -0.05) is 30.3 Å². The van der Waals surface area contributed by atoms with Crippen LogP contribution in [0.2, 0.25) is 0 Å². The summed E-state index contributed by atoms with van der Waals surface area (Å²) < 4.78 is 5.39. The van der Waals surface area contributed by atoms with Crippen LogP contribution in [0.25, 0.3) is 0 Å². The molecule has 1 aliphatic rings. The summed E-state index contributed by atoms with van der Waals surface area (Å²) in [5, 5.41) is 0. The minimum Gasteiger partial charge on any atom is -0.496 e. The van der Waals surface area contributed by atoms with Crippen LogP contribution in [0.3, 0.4) is 0 Å². The second kappa shape index (κ2) is 9.83. The van der Waals surface area contributed by atoms with Crippen LogP contribution in [0.4, 0.5) is 5.69 Å². The van der Waals surface area contributed by atoms with Crippen LogP contribution in [0.1, 0.15) is 22.0 Å². The zero-order chi connectivity index (χ0) is 22.5. The molecule has 1 atom stereocenters. The zero-order valence-corrected chi connectivity index (χ0v) is 19.0. The molecule has 0 aromatic heterocycles. The second-order valence-electron chi connectivity index (χ2n) is 8.15. The van der Waals surface area contributed by atoms with Crippen molar-refractivity contribution < 1.29 is 14.3 Å². The first kappa shape index (κ1) is 22.6. The summed E-state index contributed by atoms with van der Waals surface area (Å²) in [6.07, 6.45) is 0. The Morgan fingerprint density at radius 2 is 1.55 bits per heavy atom. The summed E-state index contributed by atoms with van der Waals surface area (Å²) in [7, 11) is 8.65. The fourth-order valence-corrected chi connectivity index (χ4v) is 3.93. The molecule has 0 bridgehead atoms. The third kappa shape index (κ3) is 4.99. The van der Waals surface area contributed by atoms with Crippen molar-refractivity contribution in [3.05, 3.63) is 59.7 Å². The molecule has 7 nitrogen and oxygen atoms in total. The number of benzene rings is 2. The molecule has 1 heterocycles. The SMILES string of the molecule is COc1ccc(N2CCN(C(C(=O)N(C)C)c3ccccc3)CC2)cc1C(=O)N(C)C. The van der Waals surface area contributed by atoms with Crippen molar-refractivity contribution in [3.8, 4) is 5.75 Å². The fraction of sp³-hybridized carbons (Fsp3) is 0.417. The van der Waals surface area contributed by atoms with Crippen molar-refractivity contribution in [3.63, 3.8) is 0 Å². The van der Waals surface area contributed by atoms with E-state index < -0.39 is 0 Å². The number of methoxy groups -OCH3 is 1. The highest BCUT2D eigenvalue weighted by Crippen LogP contribution is 2.29. The molecule has 0 saturated carbocycles. The molecule has 166 valence electrons. The lowest BCUT2D eigenvalue weighted by molar-refractivity contribution is -0.134. The molecular formula is C24H32N4O3. The monoisotopic (exact) mass is 424 g/mol. The number of amides is 2. The van der Waals surface area contributed by atoms with Gasteiger partial charge in [0.05, 0.1) is 12.7 Å². The summed E-state index contributed by atoms with van der Waals surface area (Å²) in [6, 6.07) is 15.4. The molecule has 3 rings (SSSR count). The van der Waals surface area contributed by atoms with E-state index in [2.05, 4.69) is 9.80 Å². The van der Waals surface area contributed by atoms with E-state index in [1.54, 1.807) is 45.1 Å². The average molecular weight is 425 g/mol. The quantitative estimate of drug-likeness (QED) is 0.713. The Balaban J connectivity index is 1.78.